The molecule has 1 N–H and O–H groups in total. The Morgan fingerprint density at radius 2 is 2.21 bits per heavy atom. The minimum absolute atomic E-state index is 0.135. The lowest BCUT2D eigenvalue weighted by Crippen LogP contribution is -2.11. The molecule has 0 amide bonds. The van der Waals surface area contributed by atoms with Crippen LogP contribution in [0, 0.1) is 5.82 Å². The fourth-order valence-electron chi connectivity index (χ4n) is 1.71. The average molecular weight is 265 g/mol. The van der Waals surface area contributed by atoms with Crippen LogP contribution in [-0.4, -0.2) is 19.9 Å². The van der Waals surface area contributed by atoms with Crippen molar-refractivity contribution >= 4 is 0 Å². The van der Waals surface area contributed by atoms with E-state index in [1.54, 1.807) is 10.7 Å². The van der Waals surface area contributed by atoms with Gasteiger partial charge in [-0.25, -0.2) is 14.1 Å². The van der Waals surface area contributed by atoms with Gasteiger partial charge in [0.1, 0.15) is 12.9 Å². The van der Waals surface area contributed by atoms with Crippen LogP contribution in [0.4, 0.5) is 4.39 Å². The maximum atomic E-state index is 13.6. The maximum Gasteiger partial charge on any atom is 0.165 e. The molecule has 1 heterocycles. The van der Waals surface area contributed by atoms with Gasteiger partial charge in [-0.3, -0.25) is 0 Å². The van der Waals surface area contributed by atoms with E-state index >= 15 is 0 Å². The molecule has 5 nitrogen and oxygen atoms in total. The number of ether oxygens (including phenoxy) is 1. The van der Waals surface area contributed by atoms with Crippen molar-refractivity contribution in [1.29, 1.82) is 0 Å². The second-order valence-corrected chi connectivity index (χ2v) is 4.43. The van der Waals surface area contributed by atoms with E-state index in [4.69, 9.17) is 9.84 Å². The summed E-state index contributed by atoms with van der Waals surface area (Å²) in [5.74, 6) is 0.276. The summed E-state index contributed by atoms with van der Waals surface area (Å²) in [7, 11) is 0. The monoisotopic (exact) mass is 265 g/mol. The number of hydrogen-bond donors (Lipinski definition) is 1. The zero-order valence-electron chi connectivity index (χ0n) is 10.9. The first-order chi connectivity index (χ1) is 9.11. The summed E-state index contributed by atoms with van der Waals surface area (Å²) in [6, 6.07) is 4.54. The molecule has 0 fully saturated rings. The third-order valence-electron chi connectivity index (χ3n) is 2.67. The van der Waals surface area contributed by atoms with E-state index in [1.165, 1.54) is 18.5 Å². The molecule has 0 atom stereocenters. The van der Waals surface area contributed by atoms with Gasteiger partial charge in [-0.15, -0.1) is 0 Å². The molecule has 2 aromatic rings. The van der Waals surface area contributed by atoms with Gasteiger partial charge in [0.05, 0.1) is 6.61 Å². The lowest BCUT2D eigenvalue weighted by Gasteiger charge is -2.11. The van der Waals surface area contributed by atoms with E-state index in [-0.39, 0.29) is 25.0 Å². The maximum absolute atomic E-state index is 13.6. The summed E-state index contributed by atoms with van der Waals surface area (Å²) in [6.07, 6.45) is 1.45. The molecule has 0 bridgehead atoms. The van der Waals surface area contributed by atoms with Crippen LogP contribution in [0.5, 0.6) is 5.75 Å². The van der Waals surface area contributed by atoms with E-state index in [0.29, 0.717) is 11.4 Å². The Kier molecular flexibility index (Phi) is 4.11. The van der Waals surface area contributed by atoms with Gasteiger partial charge in [-0.05, 0) is 31.5 Å². The highest BCUT2D eigenvalue weighted by atomic mass is 19.1. The summed E-state index contributed by atoms with van der Waals surface area (Å²) in [4.78, 5) is 4.08. The normalized spacial score (nSPS) is 11.0. The number of aliphatic hydroxyl groups excluding tert-OH is 1. The minimum atomic E-state index is -0.498. The van der Waals surface area contributed by atoms with Crippen LogP contribution >= 0.6 is 0 Å². The van der Waals surface area contributed by atoms with Gasteiger partial charge in [0.25, 0.3) is 0 Å². The zero-order chi connectivity index (χ0) is 13.8. The van der Waals surface area contributed by atoms with Crippen molar-refractivity contribution in [3.8, 4) is 5.75 Å². The molecule has 1 aromatic heterocycles. The largest absolute Gasteiger partial charge is 0.483 e. The van der Waals surface area contributed by atoms with Crippen LogP contribution in [0.25, 0.3) is 0 Å². The molecular weight excluding hydrogens is 249 g/mol. The van der Waals surface area contributed by atoms with Crippen LogP contribution in [0.1, 0.15) is 31.3 Å². The molecular formula is C13H16FN3O2. The van der Waals surface area contributed by atoms with Crippen molar-refractivity contribution in [3.05, 3.63) is 41.7 Å². The van der Waals surface area contributed by atoms with Crippen LogP contribution in [-0.2, 0) is 13.2 Å². The van der Waals surface area contributed by atoms with Gasteiger partial charge in [0, 0.05) is 6.04 Å². The summed E-state index contributed by atoms with van der Waals surface area (Å²) in [5.41, 5.74) is 0.509. The highest BCUT2D eigenvalue weighted by molar-refractivity contribution is 5.29. The fraction of sp³-hybridized carbons (Fsp3) is 0.385. The van der Waals surface area contributed by atoms with Crippen molar-refractivity contribution in [2.24, 2.45) is 0 Å². The summed E-state index contributed by atoms with van der Waals surface area (Å²) in [6.45, 7) is 3.91. The molecule has 0 unspecified atom stereocenters. The zero-order valence-corrected chi connectivity index (χ0v) is 10.9. The Hall–Kier alpha value is -1.95. The molecule has 0 aliphatic heterocycles. The van der Waals surface area contributed by atoms with Crippen LogP contribution in [0.3, 0.4) is 0 Å². The Bertz CT molecular complexity index is 555. The molecule has 0 radical (unpaired) electrons. The predicted molar refractivity (Wildman–Crippen MR) is 67.1 cm³/mol. The molecule has 0 aliphatic rings. The molecule has 0 aliphatic carbocycles. The van der Waals surface area contributed by atoms with Crippen molar-refractivity contribution in [2.45, 2.75) is 33.1 Å². The number of hydrogen-bond acceptors (Lipinski definition) is 4. The molecule has 1 aromatic carbocycles. The van der Waals surface area contributed by atoms with Gasteiger partial charge >= 0.3 is 0 Å². The first kappa shape index (κ1) is 13.5. The topological polar surface area (TPSA) is 60.2 Å². The summed E-state index contributed by atoms with van der Waals surface area (Å²) in [5, 5.41) is 13.0. The van der Waals surface area contributed by atoms with Gasteiger partial charge < -0.3 is 9.84 Å². The first-order valence-corrected chi connectivity index (χ1v) is 6.02. The SMILES string of the molecule is CC(C)n1ncnc1COc1ccc(CO)cc1F. The van der Waals surface area contributed by atoms with Crippen molar-refractivity contribution in [2.75, 3.05) is 0 Å². The van der Waals surface area contributed by atoms with E-state index in [2.05, 4.69) is 10.1 Å². The van der Waals surface area contributed by atoms with E-state index in [0.717, 1.165) is 0 Å². The second kappa shape index (κ2) is 5.79. The number of benzene rings is 1. The molecule has 2 rings (SSSR count). The third-order valence-corrected chi connectivity index (χ3v) is 2.67. The van der Waals surface area contributed by atoms with E-state index < -0.39 is 5.82 Å². The smallest absolute Gasteiger partial charge is 0.165 e. The van der Waals surface area contributed by atoms with E-state index in [1.807, 2.05) is 13.8 Å². The van der Waals surface area contributed by atoms with Crippen molar-refractivity contribution < 1.29 is 14.2 Å². The van der Waals surface area contributed by atoms with Crippen molar-refractivity contribution in [3.63, 3.8) is 0 Å². The highest BCUT2D eigenvalue weighted by Gasteiger charge is 2.10. The van der Waals surface area contributed by atoms with Gasteiger partial charge in [0.2, 0.25) is 0 Å². The highest BCUT2D eigenvalue weighted by Crippen LogP contribution is 2.19. The quantitative estimate of drug-likeness (QED) is 0.899. The summed E-state index contributed by atoms with van der Waals surface area (Å²) >= 11 is 0. The number of rotatable bonds is 5. The second-order valence-electron chi connectivity index (χ2n) is 4.43. The number of aromatic nitrogens is 3. The lowest BCUT2D eigenvalue weighted by atomic mass is 10.2. The Morgan fingerprint density at radius 1 is 1.42 bits per heavy atom. The van der Waals surface area contributed by atoms with Crippen LogP contribution in [0.2, 0.25) is 0 Å². The fourth-order valence-corrected chi connectivity index (χ4v) is 1.71. The van der Waals surface area contributed by atoms with Gasteiger partial charge in [-0.2, -0.15) is 5.10 Å². The van der Waals surface area contributed by atoms with Crippen LogP contribution in [0.15, 0.2) is 24.5 Å². The van der Waals surface area contributed by atoms with Gasteiger partial charge in [0.15, 0.2) is 17.4 Å². The lowest BCUT2D eigenvalue weighted by molar-refractivity contribution is 0.266. The Labute approximate surface area is 110 Å². The molecule has 0 saturated carbocycles. The summed E-state index contributed by atoms with van der Waals surface area (Å²) < 4.78 is 20.8. The standard InChI is InChI=1S/C13H16FN3O2/c1-9(2)17-13(15-8-16-17)7-19-12-4-3-10(6-18)5-11(12)14/h3-5,8-9,18H,6-7H2,1-2H3. The first-order valence-electron chi connectivity index (χ1n) is 6.02. The number of halogens is 1. The predicted octanol–water partition coefficient (Wildman–Crippen LogP) is 2.07. The average Bonchev–Trinajstić information content (AvgIpc) is 2.85. The van der Waals surface area contributed by atoms with Crippen molar-refractivity contribution in [1.82, 2.24) is 14.8 Å². The molecule has 6 heteroatoms. The molecule has 102 valence electrons. The molecule has 0 spiro atoms. The minimum Gasteiger partial charge on any atom is -0.483 e. The van der Waals surface area contributed by atoms with Crippen LogP contribution < -0.4 is 4.74 Å². The number of nitrogens with zero attached hydrogens (tertiary/aromatic N) is 3. The Morgan fingerprint density at radius 3 is 2.84 bits per heavy atom. The Balaban J connectivity index is 2.08. The third kappa shape index (κ3) is 3.08. The van der Waals surface area contributed by atoms with E-state index in [9.17, 15) is 4.39 Å². The van der Waals surface area contributed by atoms with Gasteiger partial charge in [-0.1, -0.05) is 6.07 Å². The molecule has 19 heavy (non-hydrogen) atoms. The molecule has 0 saturated heterocycles. The number of aliphatic hydroxyl groups is 1.